The average molecular weight is 385 g/mol. The van der Waals surface area contributed by atoms with Crippen molar-refractivity contribution in [1.29, 1.82) is 5.26 Å². The Morgan fingerprint density at radius 2 is 0.913 bits per heavy atom. The van der Waals surface area contributed by atoms with E-state index in [4.69, 9.17) is 28.5 Å². The lowest BCUT2D eigenvalue weighted by Crippen LogP contribution is -2.50. The first-order chi connectivity index (χ1) is 11.1. The minimum atomic E-state index is 0.194. The van der Waals surface area contributed by atoms with Gasteiger partial charge in [0.2, 0.25) is 0 Å². The lowest BCUT2D eigenvalue weighted by atomic mass is 10.1. The van der Waals surface area contributed by atoms with Gasteiger partial charge in [0.05, 0.1) is 31.5 Å². The highest BCUT2D eigenvalue weighted by atomic mass is 35.5. The van der Waals surface area contributed by atoms with E-state index in [1.165, 1.54) is 87.4 Å². The Morgan fingerprint density at radius 3 is 1.04 bits per heavy atom. The Kier molecular flexibility index (Phi) is 29.9. The molecule has 0 heterocycles. The fourth-order valence-electron chi connectivity index (χ4n) is 2.64. The first kappa shape index (κ1) is 28.1. The maximum absolute atomic E-state index is 7.13. The zero-order valence-electron chi connectivity index (χ0n) is 15.8. The smallest absolute Gasteiger partial charge is 0.0967 e. The van der Waals surface area contributed by atoms with Crippen molar-refractivity contribution in [1.82, 2.24) is 0 Å². The SMILES string of the molecule is CCCC[N+](CCCC)(CCCC)CCCC.ClCCl.N#C[S-]. The number of rotatable bonds is 12. The number of unbranched alkanes of at least 4 members (excludes halogenated alkanes) is 4. The third kappa shape index (κ3) is 22.2. The van der Waals surface area contributed by atoms with Gasteiger partial charge in [-0.05, 0) is 25.7 Å². The van der Waals surface area contributed by atoms with Gasteiger partial charge in [-0.15, -0.1) is 23.2 Å². The molecule has 0 aromatic carbocycles. The summed E-state index contributed by atoms with van der Waals surface area (Å²) in [4.78, 5) is 0. The van der Waals surface area contributed by atoms with E-state index in [0.29, 0.717) is 0 Å². The van der Waals surface area contributed by atoms with E-state index < -0.39 is 0 Å². The van der Waals surface area contributed by atoms with Crippen LogP contribution in [0.1, 0.15) is 79.1 Å². The molecule has 0 unspecified atom stereocenters. The number of halogens is 2. The minimum absolute atomic E-state index is 0.194. The Balaban J connectivity index is -0.000000573. The molecular formula is C18H38Cl2N2S. The first-order valence-corrected chi connectivity index (χ1v) is 10.5. The maximum atomic E-state index is 7.13. The van der Waals surface area contributed by atoms with Crippen molar-refractivity contribution in [3.05, 3.63) is 0 Å². The van der Waals surface area contributed by atoms with Crippen LogP contribution in [-0.2, 0) is 12.6 Å². The minimum Gasteiger partial charge on any atom is -0.696 e. The molecule has 140 valence electrons. The fourth-order valence-corrected chi connectivity index (χ4v) is 2.64. The van der Waals surface area contributed by atoms with Crippen molar-refractivity contribution in [2.45, 2.75) is 79.1 Å². The number of hydrogen-bond acceptors (Lipinski definition) is 2. The summed E-state index contributed by atoms with van der Waals surface area (Å²) in [5, 5.41) is 8.66. The van der Waals surface area contributed by atoms with E-state index in [-0.39, 0.29) is 5.34 Å². The summed E-state index contributed by atoms with van der Waals surface area (Å²) in [6, 6.07) is 0. The van der Waals surface area contributed by atoms with Gasteiger partial charge in [-0.1, -0.05) is 58.8 Å². The van der Waals surface area contributed by atoms with E-state index in [2.05, 4.69) is 40.3 Å². The van der Waals surface area contributed by atoms with Crippen LogP contribution in [0.15, 0.2) is 0 Å². The van der Waals surface area contributed by atoms with Crippen LogP contribution in [0.2, 0.25) is 0 Å². The van der Waals surface area contributed by atoms with Crippen LogP contribution in [0, 0.1) is 10.7 Å². The molecule has 5 heteroatoms. The normalized spacial score (nSPS) is 9.96. The van der Waals surface area contributed by atoms with Gasteiger partial charge in [-0.2, -0.15) is 0 Å². The van der Waals surface area contributed by atoms with Crippen LogP contribution < -0.4 is 0 Å². The number of nitriles is 1. The molecule has 0 bridgehead atoms. The van der Waals surface area contributed by atoms with Crippen LogP contribution in [0.25, 0.3) is 0 Å². The topological polar surface area (TPSA) is 23.8 Å². The second-order valence-electron chi connectivity index (χ2n) is 5.84. The molecule has 0 fully saturated rings. The third-order valence-electron chi connectivity index (χ3n) is 3.94. The third-order valence-corrected chi connectivity index (χ3v) is 3.94. The van der Waals surface area contributed by atoms with Gasteiger partial charge in [-0.3, -0.25) is 0 Å². The zero-order valence-corrected chi connectivity index (χ0v) is 18.1. The van der Waals surface area contributed by atoms with E-state index in [1.54, 1.807) is 0 Å². The number of hydrogen-bond donors (Lipinski definition) is 0. The lowest BCUT2D eigenvalue weighted by molar-refractivity contribution is -0.929. The predicted octanol–water partition coefficient (Wildman–Crippen LogP) is 6.44. The van der Waals surface area contributed by atoms with Gasteiger partial charge in [-0.25, -0.2) is 5.26 Å². The second kappa shape index (κ2) is 24.5. The number of alkyl halides is 2. The van der Waals surface area contributed by atoms with Crippen LogP contribution in [0.3, 0.4) is 0 Å². The van der Waals surface area contributed by atoms with Crippen molar-refractivity contribution in [2.75, 3.05) is 31.5 Å². The largest absolute Gasteiger partial charge is 0.696 e. The molecule has 0 radical (unpaired) electrons. The second-order valence-corrected chi connectivity index (χ2v) is 6.83. The molecule has 0 atom stereocenters. The highest BCUT2D eigenvalue weighted by molar-refractivity contribution is 7.64. The van der Waals surface area contributed by atoms with Crippen molar-refractivity contribution in [3.8, 4) is 5.40 Å². The van der Waals surface area contributed by atoms with Gasteiger partial charge in [0, 0.05) is 0 Å². The molecular weight excluding hydrogens is 347 g/mol. The van der Waals surface area contributed by atoms with Crippen LogP contribution in [-0.4, -0.2) is 36.0 Å². The quantitative estimate of drug-likeness (QED) is 0.167. The molecule has 0 rings (SSSR count). The Bertz CT molecular complexity index is 208. The Morgan fingerprint density at radius 1 is 0.739 bits per heavy atom. The van der Waals surface area contributed by atoms with Gasteiger partial charge in [0.25, 0.3) is 0 Å². The number of thiocyanates is 1. The summed E-state index contributed by atoms with van der Waals surface area (Å²) >= 11 is 13.2. The first-order valence-electron chi connectivity index (χ1n) is 9.06. The van der Waals surface area contributed by atoms with Crippen molar-refractivity contribution < 1.29 is 4.48 Å². The molecule has 23 heavy (non-hydrogen) atoms. The lowest BCUT2D eigenvalue weighted by Gasteiger charge is -2.39. The molecule has 2 nitrogen and oxygen atoms in total. The Labute approximate surface area is 161 Å². The molecule has 0 aliphatic carbocycles. The van der Waals surface area contributed by atoms with E-state index in [0.717, 1.165) is 0 Å². The van der Waals surface area contributed by atoms with Crippen LogP contribution >= 0.6 is 23.2 Å². The fraction of sp³-hybridized carbons (Fsp3) is 0.944. The zero-order chi connectivity index (χ0) is 18.4. The highest BCUT2D eigenvalue weighted by Crippen LogP contribution is 2.16. The molecule has 0 aromatic heterocycles. The van der Waals surface area contributed by atoms with Crippen LogP contribution in [0.5, 0.6) is 0 Å². The molecule has 0 spiro atoms. The molecule has 0 aliphatic rings. The summed E-state index contributed by atoms with van der Waals surface area (Å²) in [7, 11) is 0. The van der Waals surface area contributed by atoms with Gasteiger partial charge in [0.1, 0.15) is 0 Å². The van der Waals surface area contributed by atoms with Crippen molar-refractivity contribution in [3.63, 3.8) is 0 Å². The summed E-state index contributed by atoms with van der Waals surface area (Å²) in [6.07, 6.45) is 11.1. The summed E-state index contributed by atoms with van der Waals surface area (Å²) in [5.41, 5.74) is 0. The van der Waals surface area contributed by atoms with E-state index >= 15 is 0 Å². The van der Waals surface area contributed by atoms with E-state index in [9.17, 15) is 0 Å². The number of nitrogens with zero attached hydrogens (tertiary/aromatic N) is 2. The summed E-state index contributed by atoms with van der Waals surface area (Å²) in [6.45, 7) is 15.0. The highest BCUT2D eigenvalue weighted by Gasteiger charge is 2.24. The van der Waals surface area contributed by atoms with Gasteiger partial charge < -0.3 is 17.1 Å². The van der Waals surface area contributed by atoms with Gasteiger partial charge in [0.15, 0.2) is 0 Å². The molecule has 0 N–H and O–H groups in total. The standard InChI is InChI=1S/C16H36N.CH2Cl2.CHNS/c1-5-9-13-17(14-10-6-2,15-11-7-3)16-12-8-4;2*2-1-3/h5-16H2,1-4H3;1H2;3H/q+1;;/p-1. The summed E-state index contributed by atoms with van der Waals surface area (Å²) < 4.78 is 1.42. The van der Waals surface area contributed by atoms with Crippen LogP contribution in [0.4, 0.5) is 0 Å². The summed E-state index contributed by atoms with van der Waals surface area (Å²) in [5.74, 6) is 0. The monoisotopic (exact) mass is 384 g/mol. The average Bonchev–Trinajstić information content (AvgIpc) is 2.55. The Hall–Kier alpha value is 0.250. The molecule has 0 amide bonds. The number of quaternary nitrogens is 1. The van der Waals surface area contributed by atoms with Crippen molar-refractivity contribution in [2.24, 2.45) is 0 Å². The molecule has 0 aromatic rings. The van der Waals surface area contributed by atoms with Crippen molar-refractivity contribution >= 4 is 35.8 Å². The molecule has 0 aliphatic heterocycles. The molecule has 0 saturated heterocycles. The van der Waals surface area contributed by atoms with E-state index in [1.807, 2.05) is 0 Å². The predicted molar refractivity (Wildman–Crippen MR) is 109 cm³/mol. The maximum Gasteiger partial charge on any atom is 0.0967 e. The molecule has 0 saturated carbocycles. The van der Waals surface area contributed by atoms with Gasteiger partial charge >= 0.3 is 0 Å².